The Balaban J connectivity index is 1.77. The Bertz CT molecular complexity index is 1340. The lowest BCUT2D eigenvalue weighted by molar-refractivity contribution is -0.137. The molecule has 4 heterocycles. The first kappa shape index (κ1) is 24.4. The van der Waals surface area contributed by atoms with Crippen molar-refractivity contribution in [3.8, 4) is 22.6 Å². The zero-order valence-electron chi connectivity index (χ0n) is 17.2. The summed E-state index contributed by atoms with van der Waals surface area (Å²) in [5, 5.41) is 0. The number of thioether (sulfide) groups is 1. The van der Waals surface area contributed by atoms with E-state index in [1.165, 1.54) is 41.2 Å². The minimum absolute atomic E-state index is 0.00652. The highest BCUT2D eigenvalue weighted by atomic mass is 32.2. The Morgan fingerprint density at radius 3 is 2.47 bits per heavy atom. The van der Waals surface area contributed by atoms with Gasteiger partial charge in [-0.2, -0.15) is 26.3 Å². The molecule has 0 fully saturated rings. The van der Waals surface area contributed by atoms with Crippen molar-refractivity contribution >= 4 is 28.6 Å². The lowest BCUT2D eigenvalue weighted by atomic mass is 10.1. The van der Waals surface area contributed by atoms with Gasteiger partial charge in [0, 0.05) is 41.3 Å². The number of hydrogen-bond donors (Lipinski definition) is 0. The highest BCUT2D eigenvalue weighted by molar-refractivity contribution is 8.00. The number of nitrogens with zero attached hydrogens (tertiary/aromatic N) is 4. The molecule has 0 saturated heterocycles. The monoisotopic (exact) mass is 516 g/mol. The molecule has 4 rings (SSSR count). The number of imidazole rings is 1. The number of pyridine rings is 3. The van der Waals surface area contributed by atoms with Crippen LogP contribution < -0.4 is 0 Å². The molecule has 0 amide bonds. The van der Waals surface area contributed by atoms with Crippen molar-refractivity contribution in [3.63, 3.8) is 0 Å². The molecule has 0 saturated carbocycles. The smallest absolute Gasteiger partial charge is 0.446 e. The van der Waals surface area contributed by atoms with Gasteiger partial charge in [0.2, 0.25) is 0 Å². The van der Waals surface area contributed by atoms with E-state index in [0.717, 1.165) is 18.3 Å². The number of rotatable bonds is 5. The summed E-state index contributed by atoms with van der Waals surface area (Å²) >= 11 is -1.83. The van der Waals surface area contributed by atoms with Gasteiger partial charge in [-0.25, -0.2) is 9.97 Å². The topological polar surface area (TPSA) is 66.1 Å². The molecular formula is C21H14F6N4OS2. The Kier molecular flexibility index (Phi) is 6.53. The van der Waals surface area contributed by atoms with E-state index in [2.05, 4.69) is 15.0 Å². The summed E-state index contributed by atoms with van der Waals surface area (Å²) in [7, 11) is 0. The van der Waals surface area contributed by atoms with Gasteiger partial charge >= 0.3 is 11.7 Å². The minimum atomic E-state index is -4.56. The van der Waals surface area contributed by atoms with Gasteiger partial charge in [0.1, 0.15) is 22.8 Å². The molecule has 0 aliphatic rings. The fraction of sp³-hybridized carbons (Fsp3) is 0.190. The first-order valence-corrected chi connectivity index (χ1v) is 11.7. The molecule has 0 radical (unpaired) electrons. The van der Waals surface area contributed by atoms with E-state index in [9.17, 15) is 30.9 Å². The molecule has 178 valence electrons. The summed E-state index contributed by atoms with van der Waals surface area (Å²) in [4.78, 5) is 12.8. The number of aromatic nitrogens is 4. The number of fused-ring (bicyclic) bond motifs is 1. The number of alkyl halides is 6. The lowest BCUT2D eigenvalue weighted by Crippen LogP contribution is -2.08. The van der Waals surface area contributed by atoms with Crippen LogP contribution in [0.5, 0.6) is 0 Å². The Hall–Kier alpha value is -2.77. The average Bonchev–Trinajstić information content (AvgIpc) is 3.19. The highest BCUT2D eigenvalue weighted by Gasteiger charge is 2.31. The normalized spacial score (nSPS) is 13.4. The van der Waals surface area contributed by atoms with Crippen LogP contribution in [-0.4, -0.2) is 35.2 Å². The third-order valence-electron chi connectivity index (χ3n) is 4.65. The fourth-order valence-electron chi connectivity index (χ4n) is 3.15. The van der Waals surface area contributed by atoms with Crippen molar-refractivity contribution in [2.45, 2.75) is 28.4 Å². The maximum absolute atomic E-state index is 13.1. The van der Waals surface area contributed by atoms with Crippen molar-refractivity contribution < 1.29 is 30.9 Å². The van der Waals surface area contributed by atoms with Gasteiger partial charge in [0.25, 0.3) is 0 Å². The molecule has 0 aliphatic heterocycles. The Morgan fingerprint density at radius 2 is 1.79 bits per heavy atom. The van der Waals surface area contributed by atoms with E-state index >= 15 is 0 Å². The standard InChI is InChI=1S/C21H14F6N4OS2/c1-2-34(32)17-7-12(15-8-13(3-5-28-15)20(22,23)24)10-29-19(17)16-11-31-6-4-14(9-18(31)30-16)33-21(25,26)27/h3-11H,2H2,1H3. The largest absolute Gasteiger partial charge is 0.611 e. The Morgan fingerprint density at radius 1 is 1.03 bits per heavy atom. The van der Waals surface area contributed by atoms with E-state index in [1.54, 1.807) is 6.92 Å². The van der Waals surface area contributed by atoms with Gasteiger partial charge in [-0.3, -0.25) is 4.98 Å². The second-order valence-electron chi connectivity index (χ2n) is 6.93. The van der Waals surface area contributed by atoms with Crippen LogP contribution in [0.3, 0.4) is 0 Å². The predicted octanol–water partition coefficient (Wildman–Crippen LogP) is 6.22. The Labute approximate surface area is 196 Å². The summed E-state index contributed by atoms with van der Waals surface area (Å²) in [6.07, 6.45) is 0.708. The molecule has 1 unspecified atom stereocenters. The highest BCUT2D eigenvalue weighted by Crippen LogP contribution is 2.38. The first-order chi connectivity index (χ1) is 15.9. The molecule has 0 bridgehead atoms. The summed E-state index contributed by atoms with van der Waals surface area (Å²) < 4.78 is 91.6. The maximum Gasteiger partial charge on any atom is 0.446 e. The van der Waals surface area contributed by atoms with Crippen LogP contribution in [0.4, 0.5) is 26.3 Å². The van der Waals surface area contributed by atoms with Crippen LogP contribution in [0.15, 0.2) is 64.9 Å². The first-order valence-electron chi connectivity index (χ1n) is 9.61. The average molecular weight is 516 g/mol. The SMILES string of the molecule is CC[S+]([O-])c1cc(-c2cc(C(F)(F)F)ccn2)cnc1-c1cn2ccc(SC(F)(F)F)cc2n1. The third-order valence-corrected chi connectivity index (χ3v) is 6.70. The summed E-state index contributed by atoms with van der Waals surface area (Å²) in [6.45, 7) is 1.67. The van der Waals surface area contributed by atoms with Gasteiger partial charge in [-0.05, 0) is 54.1 Å². The molecular weight excluding hydrogens is 502 g/mol. The van der Waals surface area contributed by atoms with Crippen molar-refractivity contribution in [1.82, 2.24) is 19.4 Å². The van der Waals surface area contributed by atoms with Crippen LogP contribution >= 0.6 is 11.8 Å². The van der Waals surface area contributed by atoms with Crippen molar-refractivity contribution in [2.75, 3.05) is 5.75 Å². The maximum atomic E-state index is 13.1. The molecule has 13 heteroatoms. The van der Waals surface area contributed by atoms with Crippen LogP contribution in [0, 0.1) is 0 Å². The predicted molar refractivity (Wildman–Crippen MR) is 116 cm³/mol. The summed E-state index contributed by atoms with van der Waals surface area (Å²) in [5.41, 5.74) is -4.39. The molecule has 0 aromatic carbocycles. The van der Waals surface area contributed by atoms with Gasteiger partial charge < -0.3 is 8.95 Å². The molecule has 0 aliphatic carbocycles. The second-order valence-corrected chi connectivity index (χ2v) is 9.78. The number of hydrogen-bond acceptors (Lipinski definition) is 5. The molecule has 0 N–H and O–H groups in total. The zero-order chi connectivity index (χ0) is 24.7. The van der Waals surface area contributed by atoms with E-state index in [0.29, 0.717) is 0 Å². The lowest BCUT2D eigenvalue weighted by Gasteiger charge is -2.13. The van der Waals surface area contributed by atoms with Crippen molar-refractivity contribution in [2.24, 2.45) is 0 Å². The van der Waals surface area contributed by atoms with Gasteiger partial charge in [-0.1, -0.05) is 0 Å². The molecule has 4 aromatic rings. The van der Waals surface area contributed by atoms with Gasteiger partial charge in [-0.15, -0.1) is 0 Å². The van der Waals surface area contributed by atoms with Crippen molar-refractivity contribution in [3.05, 3.63) is 60.7 Å². The molecule has 1 atom stereocenters. The van der Waals surface area contributed by atoms with Crippen LogP contribution in [0.2, 0.25) is 0 Å². The van der Waals surface area contributed by atoms with E-state index < -0.39 is 28.4 Å². The fourth-order valence-corrected chi connectivity index (χ4v) is 4.65. The minimum Gasteiger partial charge on any atom is -0.611 e. The van der Waals surface area contributed by atoms with Gasteiger partial charge in [0.15, 0.2) is 4.90 Å². The van der Waals surface area contributed by atoms with Crippen LogP contribution in [0.25, 0.3) is 28.3 Å². The molecule has 5 nitrogen and oxygen atoms in total. The summed E-state index contributed by atoms with van der Waals surface area (Å²) in [5.74, 6) is 0.202. The quantitative estimate of drug-likeness (QED) is 0.179. The van der Waals surface area contributed by atoms with Crippen LogP contribution in [-0.2, 0) is 17.4 Å². The van der Waals surface area contributed by atoms with Gasteiger partial charge in [0.05, 0.1) is 11.3 Å². The van der Waals surface area contributed by atoms with E-state index in [-0.39, 0.29) is 55.6 Å². The summed E-state index contributed by atoms with van der Waals surface area (Å²) in [6, 6.07) is 5.72. The molecule has 34 heavy (non-hydrogen) atoms. The second kappa shape index (κ2) is 9.12. The molecule has 4 aromatic heterocycles. The molecule has 0 spiro atoms. The van der Waals surface area contributed by atoms with E-state index in [4.69, 9.17) is 0 Å². The van der Waals surface area contributed by atoms with E-state index in [1.807, 2.05) is 0 Å². The third kappa shape index (κ3) is 5.31. The van der Waals surface area contributed by atoms with Crippen LogP contribution in [0.1, 0.15) is 12.5 Å². The zero-order valence-corrected chi connectivity index (χ0v) is 18.8. The number of halogens is 6. The van der Waals surface area contributed by atoms with Crippen molar-refractivity contribution in [1.29, 1.82) is 0 Å².